The molecule has 0 aromatic heterocycles. The molecule has 0 rings (SSSR count). The molecular formula is C10H17NO9. The number of nitrogens with zero attached hydrogens (tertiary/aromatic N) is 1. The Hall–Kier alpha value is -1.75. The second-order valence-corrected chi connectivity index (χ2v) is 4.01. The van der Waals surface area contributed by atoms with E-state index >= 15 is 0 Å². The van der Waals surface area contributed by atoms with Crippen LogP contribution in [0.5, 0.6) is 0 Å². The highest BCUT2D eigenvalue weighted by Gasteiger charge is 2.34. The summed E-state index contributed by atoms with van der Waals surface area (Å²) in [7, 11) is 0. The lowest BCUT2D eigenvalue weighted by molar-refractivity contribution is -0.356. The quantitative estimate of drug-likeness (QED) is 0.225. The predicted octanol–water partition coefficient (Wildman–Crippen LogP) is -2.59. The maximum Gasteiger partial charge on any atom is 0.320 e. The summed E-state index contributed by atoms with van der Waals surface area (Å²) in [4.78, 5) is 33.2. The molecule has 0 spiro atoms. The second-order valence-electron chi connectivity index (χ2n) is 4.01. The minimum absolute atomic E-state index is 0.118. The molecule has 10 nitrogen and oxygen atoms in total. The molecule has 0 aliphatic carbocycles. The molecule has 20 heavy (non-hydrogen) atoms. The number of aliphatic hydroxyl groups is 3. The van der Waals surface area contributed by atoms with Crippen molar-refractivity contribution in [3.05, 3.63) is 0 Å². The van der Waals surface area contributed by atoms with Gasteiger partial charge in [-0.3, -0.25) is 19.3 Å². The standard InChI is InChI=1S/C10H17NO9/c1-2-6(10(17,18)19)20-9(16)5-11(3-7(12)13)4-8(14)15/h6,17-19H,2-5H2,1H3,(H,12,13)(H,14,15). The summed E-state index contributed by atoms with van der Waals surface area (Å²) >= 11 is 0. The zero-order valence-electron chi connectivity index (χ0n) is 10.7. The summed E-state index contributed by atoms with van der Waals surface area (Å²) < 4.78 is 4.54. The van der Waals surface area contributed by atoms with E-state index in [1.807, 2.05) is 0 Å². The molecule has 0 aromatic carbocycles. The van der Waals surface area contributed by atoms with Gasteiger partial charge in [-0.2, -0.15) is 0 Å². The van der Waals surface area contributed by atoms with Crippen LogP contribution >= 0.6 is 0 Å². The normalized spacial score (nSPS) is 13.1. The van der Waals surface area contributed by atoms with E-state index < -0.39 is 49.6 Å². The van der Waals surface area contributed by atoms with Crippen molar-refractivity contribution >= 4 is 17.9 Å². The lowest BCUT2D eigenvalue weighted by Gasteiger charge is -2.25. The first-order valence-electron chi connectivity index (χ1n) is 5.58. The number of hydrogen-bond donors (Lipinski definition) is 5. The number of esters is 1. The van der Waals surface area contributed by atoms with Crippen LogP contribution in [0.2, 0.25) is 0 Å². The van der Waals surface area contributed by atoms with Gasteiger partial charge >= 0.3 is 23.9 Å². The highest BCUT2D eigenvalue weighted by Crippen LogP contribution is 2.11. The summed E-state index contributed by atoms with van der Waals surface area (Å²) in [5.74, 6) is -7.01. The number of carboxylic acids is 2. The maximum atomic E-state index is 11.4. The molecule has 0 radical (unpaired) electrons. The molecule has 0 aromatic rings. The molecule has 5 N–H and O–H groups in total. The Morgan fingerprint density at radius 3 is 1.80 bits per heavy atom. The average molecular weight is 295 g/mol. The van der Waals surface area contributed by atoms with Gasteiger partial charge in [0.2, 0.25) is 0 Å². The third-order valence-electron chi connectivity index (χ3n) is 2.15. The molecule has 0 bridgehead atoms. The van der Waals surface area contributed by atoms with E-state index in [9.17, 15) is 14.4 Å². The van der Waals surface area contributed by atoms with Gasteiger partial charge < -0.3 is 30.3 Å². The van der Waals surface area contributed by atoms with Crippen LogP contribution in [0.3, 0.4) is 0 Å². The molecule has 0 aliphatic heterocycles. The SMILES string of the molecule is CCC(OC(=O)CN(CC(=O)O)CC(=O)O)C(O)(O)O. The van der Waals surface area contributed by atoms with Crippen LogP contribution in [0.25, 0.3) is 0 Å². The van der Waals surface area contributed by atoms with Crippen LogP contribution in [-0.2, 0) is 19.1 Å². The Morgan fingerprint density at radius 1 is 1.05 bits per heavy atom. The molecule has 0 saturated carbocycles. The summed E-state index contributed by atoms with van der Waals surface area (Å²) in [6.07, 6.45) is -1.75. The fourth-order valence-corrected chi connectivity index (χ4v) is 1.37. The molecule has 116 valence electrons. The lowest BCUT2D eigenvalue weighted by atomic mass is 10.2. The molecule has 0 heterocycles. The Morgan fingerprint density at radius 2 is 1.50 bits per heavy atom. The van der Waals surface area contributed by atoms with Gasteiger partial charge in [-0.25, -0.2) is 0 Å². The van der Waals surface area contributed by atoms with Crippen molar-refractivity contribution in [3.8, 4) is 0 Å². The van der Waals surface area contributed by atoms with Gasteiger partial charge in [-0.05, 0) is 6.42 Å². The third-order valence-corrected chi connectivity index (χ3v) is 2.15. The Kier molecular flexibility index (Phi) is 7.07. The van der Waals surface area contributed by atoms with Gasteiger partial charge in [-0.15, -0.1) is 0 Å². The van der Waals surface area contributed by atoms with Crippen molar-refractivity contribution in [2.24, 2.45) is 0 Å². The van der Waals surface area contributed by atoms with Crippen LogP contribution in [0, 0.1) is 0 Å². The molecule has 0 amide bonds. The minimum Gasteiger partial charge on any atom is -0.480 e. The van der Waals surface area contributed by atoms with Gasteiger partial charge in [0.25, 0.3) is 0 Å². The zero-order chi connectivity index (χ0) is 15.9. The fourth-order valence-electron chi connectivity index (χ4n) is 1.37. The first-order chi connectivity index (χ1) is 9.06. The molecule has 0 aliphatic rings. The molecular weight excluding hydrogens is 278 g/mol. The first kappa shape index (κ1) is 18.2. The highest BCUT2D eigenvalue weighted by atomic mass is 16.7. The summed E-state index contributed by atoms with van der Waals surface area (Å²) in [5.41, 5.74) is 0. The number of carbonyl (C=O) groups is 3. The highest BCUT2D eigenvalue weighted by molar-refractivity contribution is 5.76. The number of carbonyl (C=O) groups excluding carboxylic acids is 1. The topological polar surface area (TPSA) is 165 Å². The number of aliphatic carboxylic acids is 2. The van der Waals surface area contributed by atoms with Gasteiger partial charge in [0.15, 0.2) is 6.10 Å². The van der Waals surface area contributed by atoms with Crippen LogP contribution in [-0.4, -0.2) is 80.1 Å². The predicted molar refractivity (Wildman–Crippen MR) is 61.3 cm³/mol. The number of hydrogen-bond acceptors (Lipinski definition) is 8. The van der Waals surface area contributed by atoms with Crippen molar-refractivity contribution in [2.75, 3.05) is 19.6 Å². The molecule has 1 unspecified atom stereocenters. The van der Waals surface area contributed by atoms with Gasteiger partial charge in [0.05, 0.1) is 19.6 Å². The van der Waals surface area contributed by atoms with E-state index in [1.54, 1.807) is 0 Å². The van der Waals surface area contributed by atoms with Crippen LogP contribution in [0.15, 0.2) is 0 Å². The van der Waals surface area contributed by atoms with Crippen molar-refractivity contribution < 1.29 is 44.7 Å². The van der Waals surface area contributed by atoms with Crippen molar-refractivity contribution in [1.82, 2.24) is 4.90 Å². The van der Waals surface area contributed by atoms with E-state index in [0.29, 0.717) is 0 Å². The van der Waals surface area contributed by atoms with Gasteiger partial charge in [0, 0.05) is 0 Å². The zero-order valence-corrected chi connectivity index (χ0v) is 10.7. The summed E-state index contributed by atoms with van der Waals surface area (Å²) in [6, 6.07) is 0. The van der Waals surface area contributed by atoms with Crippen molar-refractivity contribution in [3.63, 3.8) is 0 Å². The Bertz CT molecular complexity index is 346. The first-order valence-corrected chi connectivity index (χ1v) is 5.58. The van der Waals surface area contributed by atoms with Gasteiger partial charge in [-0.1, -0.05) is 6.92 Å². The maximum absolute atomic E-state index is 11.4. The Labute approximate surface area is 113 Å². The monoisotopic (exact) mass is 295 g/mol. The van der Waals surface area contributed by atoms with Crippen LogP contribution < -0.4 is 0 Å². The van der Waals surface area contributed by atoms with E-state index in [2.05, 4.69) is 4.74 Å². The summed E-state index contributed by atoms with van der Waals surface area (Å²) in [6.45, 7) is -0.700. The Balaban J connectivity index is 4.58. The van der Waals surface area contributed by atoms with Crippen molar-refractivity contribution in [2.45, 2.75) is 25.4 Å². The number of carboxylic acid groups (broad SMARTS) is 2. The number of rotatable bonds is 9. The minimum atomic E-state index is -3.23. The largest absolute Gasteiger partial charge is 0.480 e. The second kappa shape index (κ2) is 7.75. The molecule has 10 heteroatoms. The molecule has 0 saturated heterocycles. The molecule has 0 fully saturated rings. The number of ether oxygens (including phenoxy) is 1. The third kappa shape index (κ3) is 7.63. The van der Waals surface area contributed by atoms with E-state index in [1.165, 1.54) is 6.92 Å². The van der Waals surface area contributed by atoms with E-state index in [-0.39, 0.29) is 6.42 Å². The van der Waals surface area contributed by atoms with E-state index in [0.717, 1.165) is 4.90 Å². The lowest BCUT2D eigenvalue weighted by Crippen LogP contribution is -2.46. The van der Waals surface area contributed by atoms with Crippen LogP contribution in [0.1, 0.15) is 13.3 Å². The summed E-state index contributed by atoms with van der Waals surface area (Å²) in [5, 5.41) is 43.8. The smallest absolute Gasteiger partial charge is 0.320 e. The van der Waals surface area contributed by atoms with Crippen LogP contribution in [0.4, 0.5) is 0 Å². The van der Waals surface area contributed by atoms with E-state index in [4.69, 9.17) is 25.5 Å². The molecule has 1 atom stereocenters. The fraction of sp³-hybridized carbons (Fsp3) is 0.700. The van der Waals surface area contributed by atoms with Gasteiger partial charge in [0.1, 0.15) is 0 Å². The van der Waals surface area contributed by atoms with Crippen molar-refractivity contribution in [1.29, 1.82) is 0 Å². The average Bonchev–Trinajstić information content (AvgIpc) is 2.21.